The first-order chi connectivity index (χ1) is 16.2. The second kappa shape index (κ2) is 13.4. The summed E-state index contributed by atoms with van der Waals surface area (Å²) in [4.78, 5) is 0. The first-order valence-electron chi connectivity index (χ1n) is 12.1. The molecular weight excluding hydrogens is 414 g/mol. The number of rotatable bonds is 14. The lowest BCUT2D eigenvalue weighted by atomic mass is 10.0. The van der Waals surface area contributed by atoms with Crippen LogP contribution in [-0.4, -0.2) is 20.5 Å². The third-order valence-corrected chi connectivity index (χ3v) is 5.81. The van der Waals surface area contributed by atoms with E-state index in [1.807, 2.05) is 42.5 Å². The quantitative estimate of drug-likeness (QED) is 0.171. The highest BCUT2D eigenvalue weighted by Crippen LogP contribution is 2.35. The number of allylic oxidation sites excluding steroid dienone is 1. The zero-order valence-electron chi connectivity index (χ0n) is 19.9. The molecule has 0 spiro atoms. The van der Waals surface area contributed by atoms with E-state index in [0.717, 1.165) is 23.3 Å². The molecule has 33 heavy (non-hydrogen) atoms. The minimum Gasteiger partial charge on any atom is -0.493 e. The van der Waals surface area contributed by atoms with Gasteiger partial charge in [-0.25, -0.2) is 0 Å². The van der Waals surface area contributed by atoms with E-state index >= 15 is 0 Å². The fraction of sp³-hybridized carbons (Fsp3) is 0.464. The van der Waals surface area contributed by atoms with Gasteiger partial charge in [-0.05, 0) is 54.0 Å². The molecule has 3 rings (SSSR count). The summed E-state index contributed by atoms with van der Waals surface area (Å²) in [6.45, 7) is 3.15. The Morgan fingerprint density at radius 1 is 0.909 bits per heavy atom. The van der Waals surface area contributed by atoms with Gasteiger partial charge in [-0.15, -0.1) is 0 Å². The first-order valence-corrected chi connectivity index (χ1v) is 12.1. The molecule has 0 radical (unpaired) electrons. The van der Waals surface area contributed by atoms with Crippen molar-refractivity contribution in [3.8, 4) is 29.1 Å². The second-order valence-corrected chi connectivity index (χ2v) is 8.33. The Bertz CT molecular complexity index is 961. The summed E-state index contributed by atoms with van der Waals surface area (Å²) >= 11 is 0. The van der Waals surface area contributed by atoms with Gasteiger partial charge in [-0.2, -0.15) is 5.26 Å². The Hall–Kier alpha value is -3.13. The standard InChI is InChI=1S/C28H35NO4/c1-3-4-5-6-7-8-9-10-11-16-31-25-15-13-23(19-27(25)30-2)24(20-29)17-22-12-14-26-28(18-22)33-21-32-26/h12-15,17-19H,3-11,16,21H2,1-2H3. The highest BCUT2D eigenvalue weighted by Gasteiger charge is 2.14. The Kier molecular flexibility index (Phi) is 9.97. The van der Waals surface area contributed by atoms with Gasteiger partial charge in [0, 0.05) is 0 Å². The van der Waals surface area contributed by atoms with Crippen LogP contribution >= 0.6 is 0 Å². The fourth-order valence-electron chi connectivity index (χ4n) is 3.90. The van der Waals surface area contributed by atoms with E-state index in [0.29, 0.717) is 29.4 Å². The number of methoxy groups -OCH3 is 1. The third-order valence-electron chi connectivity index (χ3n) is 5.81. The fourth-order valence-corrected chi connectivity index (χ4v) is 3.90. The van der Waals surface area contributed by atoms with Crippen molar-refractivity contribution in [1.29, 1.82) is 5.26 Å². The molecule has 2 aromatic rings. The molecule has 0 atom stereocenters. The number of benzene rings is 2. The number of hydrogen-bond donors (Lipinski definition) is 0. The van der Waals surface area contributed by atoms with Crippen molar-refractivity contribution < 1.29 is 18.9 Å². The van der Waals surface area contributed by atoms with E-state index in [1.54, 1.807) is 7.11 Å². The lowest BCUT2D eigenvalue weighted by Gasteiger charge is -2.12. The predicted octanol–water partition coefficient (Wildman–Crippen LogP) is 7.40. The largest absolute Gasteiger partial charge is 0.493 e. The number of fused-ring (bicyclic) bond motifs is 1. The van der Waals surface area contributed by atoms with Gasteiger partial charge in [0.2, 0.25) is 6.79 Å². The smallest absolute Gasteiger partial charge is 0.231 e. The average molecular weight is 450 g/mol. The maximum atomic E-state index is 9.73. The summed E-state index contributed by atoms with van der Waals surface area (Å²) in [7, 11) is 1.62. The van der Waals surface area contributed by atoms with Gasteiger partial charge >= 0.3 is 0 Å². The van der Waals surface area contributed by atoms with Crippen molar-refractivity contribution in [2.24, 2.45) is 0 Å². The number of nitriles is 1. The van der Waals surface area contributed by atoms with Gasteiger partial charge in [0.15, 0.2) is 23.0 Å². The molecule has 2 aromatic carbocycles. The van der Waals surface area contributed by atoms with Crippen molar-refractivity contribution >= 4 is 11.6 Å². The summed E-state index contributed by atoms with van der Waals surface area (Å²) in [6, 6.07) is 13.6. The number of ether oxygens (including phenoxy) is 4. The monoisotopic (exact) mass is 449 g/mol. The molecule has 0 aromatic heterocycles. The molecule has 0 N–H and O–H groups in total. The summed E-state index contributed by atoms with van der Waals surface area (Å²) in [5.41, 5.74) is 2.19. The van der Waals surface area contributed by atoms with Crippen LogP contribution in [0.25, 0.3) is 11.6 Å². The van der Waals surface area contributed by atoms with Gasteiger partial charge in [0.25, 0.3) is 0 Å². The Labute approximate surface area is 197 Å². The second-order valence-electron chi connectivity index (χ2n) is 8.33. The molecule has 1 aliphatic rings. The van der Waals surface area contributed by atoms with E-state index in [2.05, 4.69) is 13.0 Å². The summed E-state index contributed by atoms with van der Waals surface area (Å²) in [6.07, 6.45) is 13.4. The van der Waals surface area contributed by atoms with Crippen molar-refractivity contribution in [3.63, 3.8) is 0 Å². The van der Waals surface area contributed by atoms with Crippen LogP contribution in [0.5, 0.6) is 23.0 Å². The SMILES string of the molecule is CCCCCCCCCCCOc1ccc(C(C#N)=Cc2ccc3c(c2)OCO3)cc1OC. The lowest BCUT2D eigenvalue weighted by molar-refractivity contribution is 0.174. The highest BCUT2D eigenvalue weighted by molar-refractivity contribution is 5.90. The average Bonchev–Trinajstić information content (AvgIpc) is 3.31. The number of hydrogen-bond acceptors (Lipinski definition) is 5. The van der Waals surface area contributed by atoms with Crippen LogP contribution in [0.3, 0.4) is 0 Å². The van der Waals surface area contributed by atoms with Gasteiger partial charge in [0.05, 0.1) is 25.4 Å². The molecule has 1 heterocycles. The molecular formula is C28H35NO4. The zero-order valence-corrected chi connectivity index (χ0v) is 19.9. The summed E-state index contributed by atoms with van der Waals surface area (Å²) in [5, 5.41) is 9.73. The maximum Gasteiger partial charge on any atom is 0.231 e. The first kappa shape index (κ1) is 24.5. The van der Waals surface area contributed by atoms with E-state index in [-0.39, 0.29) is 6.79 Å². The molecule has 0 saturated carbocycles. The summed E-state index contributed by atoms with van der Waals surface area (Å²) < 4.78 is 22.3. The Morgan fingerprint density at radius 3 is 2.36 bits per heavy atom. The number of nitrogens with zero attached hydrogens (tertiary/aromatic N) is 1. The van der Waals surface area contributed by atoms with Gasteiger partial charge < -0.3 is 18.9 Å². The van der Waals surface area contributed by atoms with Crippen LogP contribution < -0.4 is 18.9 Å². The molecule has 5 heteroatoms. The molecule has 176 valence electrons. The van der Waals surface area contributed by atoms with E-state index < -0.39 is 0 Å². The van der Waals surface area contributed by atoms with Crippen molar-refractivity contribution in [2.75, 3.05) is 20.5 Å². The Balaban J connectivity index is 1.52. The molecule has 0 saturated heterocycles. The van der Waals surface area contributed by atoms with Gasteiger partial charge in [-0.1, -0.05) is 64.4 Å². The maximum absolute atomic E-state index is 9.73. The van der Waals surface area contributed by atoms with Crippen LogP contribution in [0.15, 0.2) is 36.4 Å². The van der Waals surface area contributed by atoms with Gasteiger partial charge in [0.1, 0.15) is 0 Å². The van der Waals surface area contributed by atoms with Crippen LogP contribution in [0.1, 0.15) is 75.8 Å². The molecule has 0 unspecified atom stereocenters. The molecule has 1 aliphatic heterocycles. The molecule has 0 aliphatic carbocycles. The van der Waals surface area contributed by atoms with E-state index in [4.69, 9.17) is 18.9 Å². The molecule has 0 fully saturated rings. The van der Waals surface area contributed by atoms with Crippen LogP contribution in [0.2, 0.25) is 0 Å². The summed E-state index contributed by atoms with van der Waals surface area (Å²) in [5.74, 6) is 2.76. The molecule has 0 amide bonds. The minimum atomic E-state index is 0.227. The van der Waals surface area contributed by atoms with Crippen LogP contribution in [0.4, 0.5) is 0 Å². The van der Waals surface area contributed by atoms with Crippen molar-refractivity contribution in [3.05, 3.63) is 47.5 Å². The van der Waals surface area contributed by atoms with Crippen LogP contribution in [0, 0.1) is 11.3 Å². The third kappa shape index (κ3) is 7.46. The molecule has 5 nitrogen and oxygen atoms in total. The Morgan fingerprint density at radius 2 is 1.64 bits per heavy atom. The van der Waals surface area contributed by atoms with Crippen molar-refractivity contribution in [2.45, 2.75) is 64.7 Å². The molecule has 0 bridgehead atoms. The topological polar surface area (TPSA) is 60.7 Å². The van der Waals surface area contributed by atoms with Gasteiger partial charge in [-0.3, -0.25) is 0 Å². The van der Waals surface area contributed by atoms with Crippen molar-refractivity contribution in [1.82, 2.24) is 0 Å². The normalized spacial score (nSPS) is 12.5. The highest BCUT2D eigenvalue weighted by atomic mass is 16.7. The number of unbranched alkanes of at least 4 members (excludes halogenated alkanes) is 8. The minimum absolute atomic E-state index is 0.227. The lowest BCUT2D eigenvalue weighted by Crippen LogP contribution is -2.00. The van der Waals surface area contributed by atoms with Crippen LogP contribution in [-0.2, 0) is 0 Å². The van der Waals surface area contributed by atoms with E-state index in [1.165, 1.54) is 51.4 Å². The van der Waals surface area contributed by atoms with E-state index in [9.17, 15) is 5.26 Å². The zero-order chi connectivity index (χ0) is 23.3. The predicted molar refractivity (Wildman–Crippen MR) is 132 cm³/mol.